The molecule has 0 aliphatic heterocycles. The molecule has 2 aromatic heterocycles. The molecule has 0 unspecified atom stereocenters. The molecule has 0 N–H and O–H groups in total. The fraction of sp³-hybridized carbons (Fsp3) is 0.150. The third-order valence-electron chi connectivity index (χ3n) is 9.17. The van der Waals surface area contributed by atoms with Crippen molar-refractivity contribution in [3.05, 3.63) is 156 Å². The van der Waals surface area contributed by atoms with Gasteiger partial charge in [0, 0.05) is 32.7 Å². The average molecular weight is 571 g/mol. The lowest BCUT2D eigenvalue weighted by atomic mass is 9.74. The van der Waals surface area contributed by atoms with Gasteiger partial charge in [0.05, 0.1) is 22.4 Å². The quantitative estimate of drug-likeness (QED) is 0.200. The summed E-state index contributed by atoms with van der Waals surface area (Å²) in [5.74, 6) is 0. The van der Waals surface area contributed by atoms with Crippen LogP contribution in [0, 0.1) is 0 Å². The summed E-state index contributed by atoms with van der Waals surface area (Å²) in [7, 11) is 0. The molecule has 0 radical (unpaired) electrons. The number of benzene rings is 5. The first-order valence-electron chi connectivity index (χ1n) is 15.0. The molecule has 0 aliphatic rings. The minimum absolute atomic E-state index is 0.156. The highest BCUT2D eigenvalue weighted by Gasteiger charge is 2.27. The molecular formula is C40H34N4. The van der Waals surface area contributed by atoms with E-state index in [1.54, 1.807) is 12.7 Å². The van der Waals surface area contributed by atoms with E-state index in [4.69, 9.17) is 0 Å². The Morgan fingerprint density at radius 1 is 0.364 bits per heavy atom. The molecule has 0 aliphatic carbocycles. The standard InChI is InChI=1S/C40H34N4/c1-39(2,29-17-13-27(14-18-29)37-33-9-5-7-11-35(33)41-25-43-37)31-21-23-32(24-22-31)40(3,4)30-19-15-28(16-20-30)38-34-10-6-8-12-36(34)42-26-44-38/h5-26H,1-4H3. The molecule has 0 amide bonds. The van der Waals surface area contributed by atoms with E-state index in [9.17, 15) is 0 Å². The molecule has 2 heterocycles. The van der Waals surface area contributed by atoms with Gasteiger partial charge < -0.3 is 0 Å². The van der Waals surface area contributed by atoms with Crippen molar-refractivity contribution in [2.24, 2.45) is 0 Å². The summed E-state index contributed by atoms with van der Waals surface area (Å²) in [6.07, 6.45) is 3.29. The van der Waals surface area contributed by atoms with Crippen LogP contribution in [0.3, 0.4) is 0 Å². The van der Waals surface area contributed by atoms with E-state index >= 15 is 0 Å². The number of fused-ring (bicyclic) bond motifs is 2. The Bertz CT molecular complexity index is 1930. The lowest BCUT2D eigenvalue weighted by Gasteiger charge is -2.30. The SMILES string of the molecule is CC(C)(c1ccc(-c2ncnc3ccccc23)cc1)c1ccc(C(C)(C)c2ccc(-c3ncnc4ccccc34)cc2)cc1. The smallest absolute Gasteiger partial charge is 0.116 e. The maximum atomic E-state index is 4.60. The zero-order chi connectivity index (χ0) is 30.3. The van der Waals surface area contributed by atoms with Crippen LogP contribution in [0.5, 0.6) is 0 Å². The highest BCUT2D eigenvalue weighted by Crippen LogP contribution is 2.37. The molecule has 0 saturated carbocycles. The van der Waals surface area contributed by atoms with Gasteiger partial charge in [0.25, 0.3) is 0 Å². The maximum absolute atomic E-state index is 4.60. The van der Waals surface area contributed by atoms with Gasteiger partial charge in [0.15, 0.2) is 0 Å². The van der Waals surface area contributed by atoms with Crippen molar-refractivity contribution in [1.82, 2.24) is 19.9 Å². The van der Waals surface area contributed by atoms with Gasteiger partial charge in [-0.3, -0.25) is 0 Å². The summed E-state index contributed by atoms with van der Waals surface area (Å²) in [6.45, 7) is 9.16. The molecule has 0 saturated heterocycles. The monoisotopic (exact) mass is 570 g/mol. The number of rotatable bonds is 6. The van der Waals surface area contributed by atoms with Crippen LogP contribution >= 0.6 is 0 Å². The van der Waals surface area contributed by atoms with Crippen LogP contribution < -0.4 is 0 Å². The molecule has 0 bridgehead atoms. The Morgan fingerprint density at radius 3 is 1.05 bits per heavy atom. The first-order chi connectivity index (χ1) is 21.3. The van der Waals surface area contributed by atoms with Gasteiger partial charge in [-0.15, -0.1) is 0 Å². The van der Waals surface area contributed by atoms with Gasteiger partial charge in [-0.05, 0) is 34.4 Å². The lowest BCUT2D eigenvalue weighted by Crippen LogP contribution is -2.21. The van der Waals surface area contributed by atoms with Gasteiger partial charge >= 0.3 is 0 Å². The van der Waals surface area contributed by atoms with E-state index in [1.807, 2.05) is 36.4 Å². The van der Waals surface area contributed by atoms with Crippen LogP contribution in [-0.4, -0.2) is 19.9 Å². The Hall–Kier alpha value is -5.22. The Balaban J connectivity index is 1.13. The summed E-state index contributed by atoms with van der Waals surface area (Å²) in [6, 6.07) is 43.1. The molecule has 214 valence electrons. The van der Waals surface area contributed by atoms with Crippen LogP contribution in [0.4, 0.5) is 0 Å². The van der Waals surface area contributed by atoms with Crippen LogP contribution in [0.15, 0.2) is 134 Å². The molecule has 0 spiro atoms. The van der Waals surface area contributed by atoms with Crippen LogP contribution in [0.2, 0.25) is 0 Å². The van der Waals surface area contributed by atoms with Gasteiger partial charge in [-0.1, -0.05) is 137 Å². The van der Waals surface area contributed by atoms with E-state index in [0.717, 1.165) is 44.3 Å². The molecule has 4 heteroatoms. The highest BCUT2D eigenvalue weighted by atomic mass is 14.8. The Labute approximate surface area is 258 Å². The number of para-hydroxylation sites is 2. The molecule has 44 heavy (non-hydrogen) atoms. The highest BCUT2D eigenvalue weighted by molar-refractivity contribution is 5.92. The van der Waals surface area contributed by atoms with Crippen molar-refractivity contribution in [3.8, 4) is 22.5 Å². The van der Waals surface area contributed by atoms with Crippen molar-refractivity contribution < 1.29 is 0 Å². The summed E-state index contributed by atoms with van der Waals surface area (Å²) in [5.41, 5.74) is 10.8. The summed E-state index contributed by atoms with van der Waals surface area (Å²) in [4.78, 5) is 18.0. The zero-order valence-electron chi connectivity index (χ0n) is 25.5. The predicted octanol–water partition coefficient (Wildman–Crippen LogP) is 9.56. The largest absolute Gasteiger partial charge is 0.236 e. The second-order valence-electron chi connectivity index (χ2n) is 12.5. The van der Waals surface area contributed by atoms with Crippen LogP contribution in [0.25, 0.3) is 44.3 Å². The van der Waals surface area contributed by atoms with Gasteiger partial charge in [-0.25, -0.2) is 19.9 Å². The van der Waals surface area contributed by atoms with Crippen LogP contribution in [-0.2, 0) is 10.8 Å². The lowest BCUT2D eigenvalue weighted by molar-refractivity contribution is 0.626. The van der Waals surface area contributed by atoms with Crippen molar-refractivity contribution in [1.29, 1.82) is 0 Å². The zero-order valence-corrected chi connectivity index (χ0v) is 25.5. The van der Waals surface area contributed by atoms with Gasteiger partial charge in [0.1, 0.15) is 12.7 Å². The fourth-order valence-corrected chi connectivity index (χ4v) is 6.20. The predicted molar refractivity (Wildman–Crippen MR) is 181 cm³/mol. The van der Waals surface area contributed by atoms with Gasteiger partial charge in [-0.2, -0.15) is 0 Å². The minimum Gasteiger partial charge on any atom is -0.236 e. The second-order valence-corrected chi connectivity index (χ2v) is 12.5. The average Bonchev–Trinajstić information content (AvgIpc) is 3.08. The maximum Gasteiger partial charge on any atom is 0.116 e. The summed E-state index contributed by atoms with van der Waals surface area (Å²) >= 11 is 0. The van der Waals surface area contributed by atoms with Gasteiger partial charge in [0.2, 0.25) is 0 Å². The molecule has 4 nitrogen and oxygen atoms in total. The molecular weight excluding hydrogens is 536 g/mol. The van der Waals surface area contributed by atoms with E-state index in [-0.39, 0.29) is 10.8 Å². The van der Waals surface area contributed by atoms with E-state index in [0.29, 0.717) is 0 Å². The molecule has 7 aromatic rings. The van der Waals surface area contributed by atoms with Crippen molar-refractivity contribution >= 4 is 21.8 Å². The fourth-order valence-electron chi connectivity index (χ4n) is 6.20. The number of hydrogen-bond donors (Lipinski definition) is 0. The van der Waals surface area contributed by atoms with E-state index < -0.39 is 0 Å². The summed E-state index contributed by atoms with van der Waals surface area (Å²) < 4.78 is 0. The minimum atomic E-state index is -0.156. The molecule has 0 atom stereocenters. The number of hydrogen-bond acceptors (Lipinski definition) is 4. The Kier molecular flexibility index (Phi) is 6.78. The number of nitrogens with zero attached hydrogens (tertiary/aromatic N) is 4. The van der Waals surface area contributed by atoms with Crippen molar-refractivity contribution in [3.63, 3.8) is 0 Å². The Morgan fingerprint density at radius 2 is 0.682 bits per heavy atom. The van der Waals surface area contributed by atoms with Crippen molar-refractivity contribution in [2.45, 2.75) is 38.5 Å². The third kappa shape index (κ3) is 4.83. The topological polar surface area (TPSA) is 51.6 Å². The first-order valence-corrected chi connectivity index (χ1v) is 15.0. The molecule has 0 fully saturated rings. The summed E-state index contributed by atoms with van der Waals surface area (Å²) in [5, 5.41) is 2.13. The number of aromatic nitrogens is 4. The van der Waals surface area contributed by atoms with Crippen molar-refractivity contribution in [2.75, 3.05) is 0 Å². The first kappa shape index (κ1) is 27.6. The third-order valence-corrected chi connectivity index (χ3v) is 9.17. The second kappa shape index (κ2) is 10.8. The van der Waals surface area contributed by atoms with Crippen LogP contribution in [0.1, 0.15) is 49.9 Å². The van der Waals surface area contributed by atoms with E-state index in [2.05, 4.69) is 133 Å². The van der Waals surface area contributed by atoms with E-state index in [1.165, 1.54) is 22.3 Å². The molecule has 5 aromatic carbocycles. The molecule has 7 rings (SSSR count). The normalized spacial score (nSPS) is 12.1.